The molecule has 3 rings (SSSR count). The molecule has 2 fully saturated rings. The van der Waals surface area contributed by atoms with E-state index < -0.39 is 23.1 Å². The molecule has 0 aliphatic heterocycles. The average molecular weight is 336 g/mol. The first-order valence-electron chi connectivity index (χ1n) is 8.47. The number of rotatable bonds is 6. The van der Waals surface area contributed by atoms with E-state index in [9.17, 15) is 18.4 Å². The molecule has 0 radical (unpaired) electrons. The van der Waals surface area contributed by atoms with Crippen molar-refractivity contribution in [3.05, 3.63) is 35.4 Å². The summed E-state index contributed by atoms with van der Waals surface area (Å²) in [5.74, 6) is -1.80. The summed E-state index contributed by atoms with van der Waals surface area (Å²) < 4.78 is 27.4. The van der Waals surface area contributed by atoms with Crippen molar-refractivity contribution in [1.82, 2.24) is 10.6 Å². The zero-order valence-electron chi connectivity index (χ0n) is 13.7. The normalized spacial score (nSPS) is 20.0. The predicted octanol–water partition coefficient (Wildman–Crippen LogP) is 2.46. The Morgan fingerprint density at radius 2 is 1.83 bits per heavy atom. The van der Waals surface area contributed by atoms with E-state index in [4.69, 9.17) is 0 Å². The minimum absolute atomic E-state index is 0.0459. The topological polar surface area (TPSA) is 58.2 Å². The monoisotopic (exact) mass is 336 g/mol. The third-order valence-corrected chi connectivity index (χ3v) is 4.94. The Bertz CT molecular complexity index is 634. The van der Waals surface area contributed by atoms with Crippen LogP contribution in [-0.4, -0.2) is 23.9 Å². The SMILES string of the molecule is CC(Cc1c(F)cccc1F)NC(=O)C1(C(=O)NC2CC2)CCC1. The molecular weight excluding hydrogens is 314 g/mol. The largest absolute Gasteiger partial charge is 0.352 e. The van der Waals surface area contributed by atoms with Crippen LogP contribution in [0.5, 0.6) is 0 Å². The Kier molecular flexibility index (Phi) is 4.56. The van der Waals surface area contributed by atoms with Crippen LogP contribution in [0, 0.1) is 17.0 Å². The smallest absolute Gasteiger partial charge is 0.235 e. The quantitative estimate of drug-likeness (QED) is 0.784. The van der Waals surface area contributed by atoms with Crippen LogP contribution in [0.15, 0.2) is 18.2 Å². The summed E-state index contributed by atoms with van der Waals surface area (Å²) in [6.45, 7) is 1.69. The van der Waals surface area contributed by atoms with Crippen LogP contribution in [-0.2, 0) is 16.0 Å². The fraction of sp³-hybridized carbons (Fsp3) is 0.556. The van der Waals surface area contributed by atoms with Gasteiger partial charge < -0.3 is 10.6 Å². The van der Waals surface area contributed by atoms with Crippen molar-refractivity contribution in [2.24, 2.45) is 5.41 Å². The number of nitrogens with one attached hydrogen (secondary N) is 2. The Hall–Kier alpha value is -1.98. The average Bonchev–Trinajstić information content (AvgIpc) is 3.25. The van der Waals surface area contributed by atoms with Gasteiger partial charge in [0.1, 0.15) is 17.0 Å². The molecule has 0 aromatic heterocycles. The van der Waals surface area contributed by atoms with Gasteiger partial charge in [-0.2, -0.15) is 0 Å². The maximum absolute atomic E-state index is 13.7. The summed E-state index contributed by atoms with van der Waals surface area (Å²) >= 11 is 0. The van der Waals surface area contributed by atoms with Crippen LogP contribution in [0.4, 0.5) is 8.78 Å². The van der Waals surface area contributed by atoms with E-state index in [1.54, 1.807) is 6.92 Å². The maximum atomic E-state index is 13.7. The van der Waals surface area contributed by atoms with Crippen molar-refractivity contribution in [2.75, 3.05) is 0 Å². The van der Waals surface area contributed by atoms with Crippen molar-refractivity contribution in [3.8, 4) is 0 Å². The maximum Gasteiger partial charge on any atom is 0.235 e. The number of carbonyl (C=O) groups is 2. The fourth-order valence-corrected chi connectivity index (χ4v) is 3.09. The predicted molar refractivity (Wildman–Crippen MR) is 85.1 cm³/mol. The highest BCUT2D eigenvalue weighted by molar-refractivity contribution is 6.06. The lowest BCUT2D eigenvalue weighted by atomic mass is 9.67. The molecule has 0 saturated heterocycles. The van der Waals surface area contributed by atoms with E-state index in [-0.39, 0.29) is 29.8 Å². The van der Waals surface area contributed by atoms with E-state index in [0.29, 0.717) is 12.8 Å². The summed E-state index contributed by atoms with van der Waals surface area (Å²) in [6, 6.07) is 3.44. The van der Waals surface area contributed by atoms with Gasteiger partial charge in [-0.1, -0.05) is 12.5 Å². The van der Waals surface area contributed by atoms with Gasteiger partial charge >= 0.3 is 0 Å². The van der Waals surface area contributed by atoms with Gasteiger partial charge in [0, 0.05) is 17.6 Å². The number of halogens is 2. The molecule has 1 unspecified atom stereocenters. The van der Waals surface area contributed by atoms with Crippen molar-refractivity contribution in [3.63, 3.8) is 0 Å². The molecule has 4 nitrogen and oxygen atoms in total. The van der Waals surface area contributed by atoms with Crippen molar-refractivity contribution in [2.45, 2.75) is 57.5 Å². The summed E-state index contributed by atoms with van der Waals surface area (Å²) in [5, 5.41) is 5.67. The molecule has 0 heterocycles. The first kappa shape index (κ1) is 16.9. The van der Waals surface area contributed by atoms with Gasteiger partial charge in [-0.05, 0) is 51.2 Å². The van der Waals surface area contributed by atoms with Crippen molar-refractivity contribution in [1.29, 1.82) is 0 Å². The summed E-state index contributed by atoms with van der Waals surface area (Å²) in [5.41, 5.74) is -1.06. The second-order valence-corrected chi connectivity index (χ2v) is 6.96. The zero-order chi connectivity index (χ0) is 17.3. The summed E-state index contributed by atoms with van der Waals surface area (Å²) in [4.78, 5) is 25.0. The standard InChI is InChI=1S/C18H22F2N2O2/c1-11(10-13-14(19)4-2-5-15(13)20)21-16(23)18(8-3-9-18)17(24)22-12-6-7-12/h2,4-5,11-12H,3,6-10H2,1H3,(H,21,23)(H,22,24). The van der Waals surface area contributed by atoms with Gasteiger partial charge in [0.2, 0.25) is 11.8 Å². The lowest BCUT2D eigenvalue weighted by Crippen LogP contribution is -2.57. The molecule has 130 valence electrons. The fourth-order valence-electron chi connectivity index (χ4n) is 3.09. The number of carbonyl (C=O) groups excluding carboxylic acids is 2. The molecule has 1 atom stereocenters. The highest BCUT2D eigenvalue weighted by atomic mass is 19.1. The second-order valence-electron chi connectivity index (χ2n) is 6.96. The highest BCUT2D eigenvalue weighted by Gasteiger charge is 2.51. The number of hydrogen-bond donors (Lipinski definition) is 2. The van der Waals surface area contributed by atoms with Gasteiger partial charge in [-0.25, -0.2) is 8.78 Å². The third-order valence-electron chi connectivity index (χ3n) is 4.94. The molecule has 2 saturated carbocycles. The molecule has 6 heteroatoms. The minimum Gasteiger partial charge on any atom is -0.352 e. The first-order chi connectivity index (χ1) is 11.4. The second kappa shape index (κ2) is 6.49. The van der Waals surface area contributed by atoms with Crippen molar-refractivity contribution >= 4 is 11.8 Å². The lowest BCUT2D eigenvalue weighted by molar-refractivity contribution is -0.150. The van der Waals surface area contributed by atoms with E-state index in [2.05, 4.69) is 10.6 Å². The Morgan fingerprint density at radius 1 is 1.21 bits per heavy atom. The third kappa shape index (κ3) is 3.28. The molecule has 1 aromatic rings. The number of amides is 2. The Balaban J connectivity index is 1.63. The molecule has 0 spiro atoms. The minimum atomic E-state index is -1.01. The first-order valence-corrected chi connectivity index (χ1v) is 8.47. The summed E-state index contributed by atoms with van der Waals surface area (Å²) in [6.07, 6.45) is 3.86. The van der Waals surface area contributed by atoms with Gasteiger partial charge in [0.25, 0.3) is 0 Å². The van der Waals surface area contributed by atoms with Crippen LogP contribution in [0.1, 0.15) is 44.6 Å². The van der Waals surface area contributed by atoms with Crippen LogP contribution in [0.3, 0.4) is 0 Å². The molecule has 0 bridgehead atoms. The van der Waals surface area contributed by atoms with Crippen LogP contribution >= 0.6 is 0 Å². The number of benzene rings is 1. The van der Waals surface area contributed by atoms with Crippen LogP contribution in [0.25, 0.3) is 0 Å². The zero-order valence-corrected chi connectivity index (χ0v) is 13.7. The van der Waals surface area contributed by atoms with Gasteiger partial charge in [0.15, 0.2) is 0 Å². The van der Waals surface area contributed by atoms with Crippen LogP contribution in [0.2, 0.25) is 0 Å². The Morgan fingerprint density at radius 3 is 2.33 bits per heavy atom. The molecule has 24 heavy (non-hydrogen) atoms. The van der Waals surface area contributed by atoms with E-state index >= 15 is 0 Å². The van der Waals surface area contributed by atoms with Gasteiger partial charge in [-0.15, -0.1) is 0 Å². The highest BCUT2D eigenvalue weighted by Crippen LogP contribution is 2.42. The van der Waals surface area contributed by atoms with Crippen LogP contribution < -0.4 is 10.6 Å². The molecule has 2 aliphatic carbocycles. The van der Waals surface area contributed by atoms with Gasteiger partial charge in [-0.3, -0.25) is 9.59 Å². The lowest BCUT2D eigenvalue weighted by Gasteiger charge is -2.39. The number of hydrogen-bond acceptors (Lipinski definition) is 2. The van der Waals surface area contributed by atoms with E-state index in [1.165, 1.54) is 18.2 Å². The summed E-state index contributed by atoms with van der Waals surface area (Å²) in [7, 11) is 0. The molecular formula is C18H22F2N2O2. The van der Waals surface area contributed by atoms with Gasteiger partial charge in [0.05, 0.1) is 0 Å². The van der Waals surface area contributed by atoms with E-state index in [0.717, 1.165) is 19.3 Å². The molecule has 2 N–H and O–H groups in total. The van der Waals surface area contributed by atoms with E-state index in [1.807, 2.05) is 0 Å². The molecule has 2 amide bonds. The Labute approximate surface area is 140 Å². The van der Waals surface area contributed by atoms with Crippen molar-refractivity contribution < 1.29 is 18.4 Å². The molecule has 2 aliphatic rings. The molecule has 1 aromatic carbocycles.